The molecular weight excluding hydrogens is 564 g/mol. The van der Waals surface area contributed by atoms with Crippen LogP contribution in [0.2, 0.25) is 0 Å². The van der Waals surface area contributed by atoms with Gasteiger partial charge in [-0.25, -0.2) is 0 Å². The van der Waals surface area contributed by atoms with Gasteiger partial charge in [0.1, 0.15) is 11.5 Å². The number of benzene rings is 2. The summed E-state index contributed by atoms with van der Waals surface area (Å²) < 4.78 is 13.4. The van der Waals surface area contributed by atoms with Crippen molar-refractivity contribution in [2.45, 2.75) is 163 Å². The third-order valence-electron chi connectivity index (χ3n) is 10.2. The highest BCUT2D eigenvalue weighted by molar-refractivity contribution is 5.86. The quantitative estimate of drug-likeness (QED) is 0.216. The Morgan fingerprint density at radius 2 is 1.04 bits per heavy atom. The third kappa shape index (κ3) is 9.26. The van der Waals surface area contributed by atoms with Crippen LogP contribution in [-0.2, 0) is 16.2 Å². The molecule has 0 bridgehead atoms. The zero-order chi connectivity index (χ0) is 33.9. The second-order valence-corrected chi connectivity index (χ2v) is 17.5. The number of aliphatic imine (C=N–C) groups is 2. The molecular formula is C42H64N2O2. The fourth-order valence-corrected chi connectivity index (χ4v) is 7.05. The standard InChI is InChI=1S/C42H64N2O2/c1-28-21-31(25-43-36-19-15-13-17-29(36)2)38(34(22-28)41(7,8)9)45-27-46-39-32(26-44-37-20-16-14-18-30(37)3)23-33(40(4,5)6)24-35(39)42(10,11)12/h21-26,29-30,36-37H,13-20,27H2,1-12H3. The number of hydrogen-bond donors (Lipinski definition) is 0. The van der Waals surface area contributed by atoms with Crippen molar-refractivity contribution in [2.24, 2.45) is 21.8 Å². The van der Waals surface area contributed by atoms with Gasteiger partial charge < -0.3 is 9.47 Å². The van der Waals surface area contributed by atoms with Gasteiger partial charge in [0.05, 0.1) is 12.1 Å². The van der Waals surface area contributed by atoms with Gasteiger partial charge in [0.2, 0.25) is 6.79 Å². The molecule has 2 fully saturated rings. The topological polar surface area (TPSA) is 43.2 Å². The van der Waals surface area contributed by atoms with E-state index in [1.54, 1.807) is 0 Å². The van der Waals surface area contributed by atoms with Gasteiger partial charge >= 0.3 is 0 Å². The van der Waals surface area contributed by atoms with E-state index in [9.17, 15) is 0 Å². The molecule has 2 saturated carbocycles. The Morgan fingerprint density at radius 1 is 0.609 bits per heavy atom. The van der Waals surface area contributed by atoms with Crippen molar-refractivity contribution in [1.29, 1.82) is 0 Å². The van der Waals surface area contributed by atoms with E-state index in [1.807, 2.05) is 0 Å². The highest BCUT2D eigenvalue weighted by atomic mass is 16.7. The maximum absolute atomic E-state index is 6.74. The molecule has 0 N–H and O–H groups in total. The smallest absolute Gasteiger partial charge is 0.230 e. The van der Waals surface area contributed by atoms with Gasteiger partial charge in [-0.15, -0.1) is 0 Å². The molecule has 4 atom stereocenters. The summed E-state index contributed by atoms with van der Waals surface area (Å²) >= 11 is 0. The van der Waals surface area contributed by atoms with Crippen molar-refractivity contribution in [2.75, 3.05) is 6.79 Å². The molecule has 0 spiro atoms. The number of aryl methyl sites for hydroxylation is 1. The molecule has 2 aliphatic rings. The highest BCUT2D eigenvalue weighted by Crippen LogP contribution is 2.40. The lowest BCUT2D eigenvalue weighted by molar-refractivity contribution is 0.115. The maximum Gasteiger partial charge on any atom is 0.230 e. The molecule has 46 heavy (non-hydrogen) atoms. The van der Waals surface area contributed by atoms with E-state index in [2.05, 4.69) is 120 Å². The number of ether oxygens (including phenoxy) is 2. The van der Waals surface area contributed by atoms with Crippen molar-refractivity contribution in [3.05, 3.63) is 57.6 Å². The van der Waals surface area contributed by atoms with E-state index in [4.69, 9.17) is 19.5 Å². The molecule has 0 aliphatic heterocycles. The van der Waals surface area contributed by atoms with Gasteiger partial charge in [-0.2, -0.15) is 0 Å². The van der Waals surface area contributed by atoms with Crippen LogP contribution in [0.4, 0.5) is 0 Å². The van der Waals surface area contributed by atoms with E-state index in [1.165, 1.54) is 67.2 Å². The van der Waals surface area contributed by atoms with Crippen LogP contribution >= 0.6 is 0 Å². The monoisotopic (exact) mass is 628 g/mol. The van der Waals surface area contributed by atoms with Crippen LogP contribution in [0.1, 0.15) is 161 Å². The van der Waals surface area contributed by atoms with Gasteiger partial charge in [-0.1, -0.05) is 114 Å². The normalized spacial score (nSPS) is 23.3. The first kappa shape index (κ1) is 36.2. The molecule has 4 rings (SSSR count). The maximum atomic E-state index is 6.74. The summed E-state index contributed by atoms with van der Waals surface area (Å²) in [6.45, 7) is 27.4. The summed E-state index contributed by atoms with van der Waals surface area (Å²) in [5.41, 5.74) is 6.77. The summed E-state index contributed by atoms with van der Waals surface area (Å²) in [4.78, 5) is 10.3. The van der Waals surface area contributed by atoms with Crippen LogP contribution < -0.4 is 9.47 Å². The number of rotatable bonds is 8. The molecule has 0 amide bonds. The Balaban J connectivity index is 1.72. The fraction of sp³-hybridized carbons (Fsp3) is 0.667. The van der Waals surface area contributed by atoms with Crippen molar-refractivity contribution in [1.82, 2.24) is 0 Å². The molecule has 0 radical (unpaired) electrons. The summed E-state index contributed by atoms with van der Waals surface area (Å²) in [5.74, 6) is 2.98. The van der Waals surface area contributed by atoms with Crippen molar-refractivity contribution >= 4 is 12.4 Å². The van der Waals surface area contributed by atoms with Gasteiger partial charge in [-0.05, 0) is 83.9 Å². The Kier molecular flexibility index (Phi) is 11.5. The molecule has 2 aliphatic carbocycles. The minimum atomic E-state index is -0.119. The predicted octanol–water partition coefficient (Wildman–Crippen LogP) is 11.3. The van der Waals surface area contributed by atoms with Crippen LogP contribution in [-0.4, -0.2) is 31.3 Å². The van der Waals surface area contributed by atoms with Crippen LogP contribution in [0.5, 0.6) is 11.5 Å². The zero-order valence-electron chi connectivity index (χ0n) is 31.3. The van der Waals surface area contributed by atoms with E-state index < -0.39 is 0 Å². The van der Waals surface area contributed by atoms with Crippen LogP contribution in [0.3, 0.4) is 0 Å². The van der Waals surface area contributed by atoms with Crippen molar-refractivity contribution < 1.29 is 9.47 Å². The lowest BCUT2D eigenvalue weighted by atomic mass is 9.79. The summed E-state index contributed by atoms with van der Waals surface area (Å²) in [6, 6.07) is 9.84. The van der Waals surface area contributed by atoms with E-state index in [-0.39, 0.29) is 23.0 Å². The first-order chi connectivity index (χ1) is 21.4. The fourth-order valence-electron chi connectivity index (χ4n) is 7.05. The highest BCUT2D eigenvalue weighted by Gasteiger charge is 2.28. The second kappa shape index (κ2) is 14.7. The molecule has 4 nitrogen and oxygen atoms in total. The van der Waals surface area contributed by atoms with Crippen LogP contribution in [0.15, 0.2) is 34.3 Å². The Labute approximate surface area is 281 Å². The van der Waals surface area contributed by atoms with Crippen LogP contribution in [0.25, 0.3) is 0 Å². The lowest BCUT2D eigenvalue weighted by Gasteiger charge is -2.30. The molecule has 0 aromatic heterocycles. The van der Waals surface area contributed by atoms with Gasteiger partial charge in [0.25, 0.3) is 0 Å². The number of nitrogens with zero attached hydrogens (tertiary/aromatic N) is 2. The summed E-state index contributed by atoms with van der Waals surface area (Å²) in [7, 11) is 0. The Hall–Kier alpha value is -2.62. The van der Waals surface area contributed by atoms with Gasteiger partial charge in [-0.3, -0.25) is 9.98 Å². The SMILES string of the molecule is Cc1cc(C=NC2CCCCC2C)c(OCOc2c(C=NC3CCCCC3C)cc(C(C)(C)C)cc2C(C)(C)C)c(C(C)(C)C)c1. The molecule has 4 unspecified atom stereocenters. The Bertz CT molecular complexity index is 1380. The summed E-state index contributed by atoms with van der Waals surface area (Å²) in [5, 5.41) is 0. The Morgan fingerprint density at radius 3 is 1.48 bits per heavy atom. The average Bonchev–Trinajstić information content (AvgIpc) is 2.95. The molecule has 0 heterocycles. The zero-order valence-corrected chi connectivity index (χ0v) is 31.3. The number of hydrogen-bond acceptors (Lipinski definition) is 4. The molecule has 0 saturated heterocycles. The second-order valence-electron chi connectivity index (χ2n) is 17.5. The van der Waals surface area contributed by atoms with Gasteiger partial charge in [0.15, 0.2) is 0 Å². The first-order valence-electron chi connectivity index (χ1n) is 18.1. The molecule has 254 valence electrons. The largest absolute Gasteiger partial charge is 0.456 e. The predicted molar refractivity (Wildman–Crippen MR) is 198 cm³/mol. The molecule has 4 heteroatoms. The van der Waals surface area contributed by atoms with Crippen molar-refractivity contribution in [3.8, 4) is 11.5 Å². The van der Waals surface area contributed by atoms with E-state index >= 15 is 0 Å². The molecule has 2 aromatic carbocycles. The minimum absolute atomic E-state index is 0.00330. The van der Waals surface area contributed by atoms with E-state index in [0.717, 1.165) is 29.0 Å². The molecule has 2 aromatic rings. The van der Waals surface area contributed by atoms with Gasteiger partial charge in [0, 0.05) is 34.7 Å². The van der Waals surface area contributed by atoms with Crippen molar-refractivity contribution in [3.63, 3.8) is 0 Å². The average molecular weight is 629 g/mol. The summed E-state index contributed by atoms with van der Waals surface area (Å²) in [6.07, 6.45) is 14.2. The third-order valence-corrected chi connectivity index (χ3v) is 10.2. The van der Waals surface area contributed by atoms with Crippen LogP contribution in [0, 0.1) is 18.8 Å². The first-order valence-corrected chi connectivity index (χ1v) is 18.1. The lowest BCUT2D eigenvalue weighted by Crippen LogP contribution is -2.22. The van der Waals surface area contributed by atoms with E-state index in [0.29, 0.717) is 23.9 Å². The minimum Gasteiger partial charge on any atom is -0.456 e.